The third-order valence-corrected chi connectivity index (χ3v) is 5.57. The molecule has 20 heavy (non-hydrogen) atoms. The number of alkyl halides is 1. The van der Waals surface area contributed by atoms with Crippen LogP contribution in [0.4, 0.5) is 4.39 Å². The fourth-order valence-corrected chi connectivity index (χ4v) is 4.25. The van der Waals surface area contributed by atoms with E-state index in [9.17, 15) is 9.18 Å². The van der Waals surface area contributed by atoms with Crippen LogP contribution in [0.25, 0.3) is 0 Å². The van der Waals surface area contributed by atoms with E-state index in [-0.39, 0.29) is 18.6 Å². The maximum absolute atomic E-state index is 13.3. The first-order chi connectivity index (χ1) is 9.69. The summed E-state index contributed by atoms with van der Waals surface area (Å²) in [4.78, 5) is 14.1. The summed E-state index contributed by atoms with van der Waals surface area (Å²) in [5.41, 5.74) is 0. The van der Waals surface area contributed by atoms with Crippen molar-refractivity contribution in [1.29, 1.82) is 0 Å². The van der Waals surface area contributed by atoms with Gasteiger partial charge in [-0.15, -0.1) is 0 Å². The van der Waals surface area contributed by atoms with E-state index in [0.717, 1.165) is 25.9 Å². The Morgan fingerprint density at radius 2 is 2.20 bits per heavy atom. The zero-order valence-corrected chi connectivity index (χ0v) is 13.2. The Labute approximate surface area is 125 Å². The fourth-order valence-electron chi connectivity index (χ4n) is 2.96. The van der Waals surface area contributed by atoms with E-state index in [2.05, 4.69) is 0 Å². The zero-order chi connectivity index (χ0) is 14.4. The summed E-state index contributed by atoms with van der Waals surface area (Å²) in [6, 6.07) is 0. The van der Waals surface area contributed by atoms with Gasteiger partial charge in [-0.05, 0) is 44.8 Å². The van der Waals surface area contributed by atoms with Gasteiger partial charge in [0.25, 0.3) is 0 Å². The Morgan fingerprint density at radius 1 is 1.35 bits per heavy atom. The molecule has 0 spiro atoms. The van der Waals surface area contributed by atoms with Gasteiger partial charge in [-0.1, -0.05) is 0 Å². The molecule has 1 saturated carbocycles. The van der Waals surface area contributed by atoms with Gasteiger partial charge in [0.1, 0.15) is 12.8 Å². The molecule has 1 amide bonds. The number of thioether (sulfide) groups is 1. The van der Waals surface area contributed by atoms with Crippen molar-refractivity contribution in [2.75, 3.05) is 25.4 Å². The van der Waals surface area contributed by atoms with Crippen LogP contribution in [0, 0.1) is 0 Å². The van der Waals surface area contributed by atoms with Crippen LogP contribution in [-0.4, -0.2) is 53.8 Å². The summed E-state index contributed by atoms with van der Waals surface area (Å²) in [6.45, 7) is 3.69. The van der Waals surface area contributed by atoms with Crippen molar-refractivity contribution in [2.24, 2.45) is 0 Å². The number of amides is 1. The lowest BCUT2D eigenvalue weighted by atomic mass is 9.96. The van der Waals surface area contributed by atoms with Crippen LogP contribution in [0.15, 0.2) is 0 Å². The molecule has 1 aliphatic carbocycles. The average Bonchev–Trinajstić information content (AvgIpc) is 2.95. The molecule has 0 N–H and O–H groups in total. The number of rotatable bonds is 6. The molecule has 2 rings (SSSR count). The summed E-state index contributed by atoms with van der Waals surface area (Å²) >= 11 is 1.97. The number of hydrogen-bond acceptors (Lipinski definition) is 3. The molecule has 1 heterocycles. The second-order valence-corrected chi connectivity index (χ2v) is 7.17. The topological polar surface area (TPSA) is 29.5 Å². The van der Waals surface area contributed by atoms with Gasteiger partial charge in [-0.2, -0.15) is 11.8 Å². The van der Waals surface area contributed by atoms with E-state index in [1.807, 2.05) is 23.6 Å². The molecule has 3 nitrogen and oxygen atoms in total. The molecule has 1 aliphatic heterocycles. The van der Waals surface area contributed by atoms with Gasteiger partial charge >= 0.3 is 0 Å². The molecule has 5 heteroatoms. The minimum Gasteiger partial charge on any atom is -0.368 e. The first-order valence-corrected chi connectivity index (χ1v) is 8.89. The molecule has 3 unspecified atom stereocenters. The largest absolute Gasteiger partial charge is 0.368 e. The molecule has 0 aromatic carbocycles. The number of likely N-dealkylation sites (N-methyl/N-ethyl adjacent to an activating group) is 1. The molecule has 0 aromatic heterocycles. The van der Waals surface area contributed by atoms with Crippen LogP contribution >= 0.6 is 11.8 Å². The van der Waals surface area contributed by atoms with Gasteiger partial charge in [0.15, 0.2) is 0 Å². The predicted molar refractivity (Wildman–Crippen MR) is 80.8 cm³/mol. The predicted octanol–water partition coefficient (Wildman–Crippen LogP) is 3.03. The van der Waals surface area contributed by atoms with Crippen LogP contribution in [0.5, 0.6) is 0 Å². The van der Waals surface area contributed by atoms with E-state index in [4.69, 9.17) is 4.74 Å². The standard InChI is InChI=1S/C15H26FNO2S/c1-2-17(10-14-7-4-8-20-14)15(18)11-19-13-6-3-5-12(16)9-13/h12-14H,2-11H2,1H3. The lowest BCUT2D eigenvalue weighted by Crippen LogP contribution is -2.39. The van der Waals surface area contributed by atoms with E-state index in [1.165, 1.54) is 18.6 Å². The van der Waals surface area contributed by atoms with Crippen LogP contribution in [0.3, 0.4) is 0 Å². The molecule has 2 aliphatic rings. The molecule has 3 atom stereocenters. The van der Waals surface area contributed by atoms with Gasteiger partial charge in [-0.25, -0.2) is 4.39 Å². The summed E-state index contributed by atoms with van der Waals surface area (Å²) in [6.07, 6.45) is 4.52. The SMILES string of the molecule is CCN(CC1CCCS1)C(=O)COC1CCCC(F)C1. The highest BCUT2D eigenvalue weighted by atomic mass is 32.2. The highest BCUT2D eigenvalue weighted by Crippen LogP contribution is 2.27. The monoisotopic (exact) mass is 303 g/mol. The number of nitrogens with zero attached hydrogens (tertiary/aromatic N) is 1. The maximum Gasteiger partial charge on any atom is 0.248 e. The lowest BCUT2D eigenvalue weighted by Gasteiger charge is -2.27. The Hall–Kier alpha value is -0.290. The van der Waals surface area contributed by atoms with Crippen molar-refractivity contribution in [3.05, 3.63) is 0 Å². The van der Waals surface area contributed by atoms with Crippen molar-refractivity contribution < 1.29 is 13.9 Å². The van der Waals surface area contributed by atoms with E-state index >= 15 is 0 Å². The second-order valence-electron chi connectivity index (χ2n) is 5.76. The summed E-state index contributed by atoms with van der Waals surface area (Å²) in [5.74, 6) is 1.27. The number of halogens is 1. The highest BCUT2D eigenvalue weighted by molar-refractivity contribution is 8.00. The van der Waals surface area contributed by atoms with Crippen LogP contribution < -0.4 is 0 Å². The second kappa shape index (κ2) is 8.23. The van der Waals surface area contributed by atoms with E-state index in [1.54, 1.807) is 0 Å². The molecule has 0 aromatic rings. The number of ether oxygens (including phenoxy) is 1. The van der Waals surface area contributed by atoms with Gasteiger partial charge < -0.3 is 9.64 Å². The first-order valence-electron chi connectivity index (χ1n) is 7.84. The smallest absolute Gasteiger partial charge is 0.248 e. The Bertz CT molecular complexity index is 310. The molecule has 116 valence electrons. The van der Waals surface area contributed by atoms with E-state index < -0.39 is 6.17 Å². The molecule has 0 radical (unpaired) electrons. The maximum atomic E-state index is 13.3. The van der Waals surface area contributed by atoms with Crippen molar-refractivity contribution in [2.45, 2.75) is 63.0 Å². The Kier molecular flexibility index (Phi) is 6.62. The quantitative estimate of drug-likeness (QED) is 0.755. The van der Waals surface area contributed by atoms with Crippen molar-refractivity contribution in [1.82, 2.24) is 4.90 Å². The van der Waals surface area contributed by atoms with Crippen molar-refractivity contribution >= 4 is 17.7 Å². The fraction of sp³-hybridized carbons (Fsp3) is 0.933. The van der Waals surface area contributed by atoms with Crippen LogP contribution in [-0.2, 0) is 9.53 Å². The number of carbonyl (C=O) groups excluding carboxylic acids is 1. The minimum atomic E-state index is -0.749. The lowest BCUT2D eigenvalue weighted by molar-refractivity contribution is -0.139. The third kappa shape index (κ3) is 4.92. The normalized spacial score (nSPS) is 30.4. The van der Waals surface area contributed by atoms with Gasteiger partial charge in [0.2, 0.25) is 5.91 Å². The molecule has 1 saturated heterocycles. The molecule has 0 bridgehead atoms. The minimum absolute atomic E-state index is 0.0565. The Balaban J connectivity index is 1.71. The molecular weight excluding hydrogens is 277 g/mol. The summed E-state index contributed by atoms with van der Waals surface area (Å²) in [7, 11) is 0. The van der Waals surface area contributed by atoms with Gasteiger partial charge in [0.05, 0.1) is 6.10 Å². The zero-order valence-electron chi connectivity index (χ0n) is 12.4. The van der Waals surface area contributed by atoms with Gasteiger partial charge in [0, 0.05) is 24.8 Å². The number of carbonyl (C=O) groups is 1. The van der Waals surface area contributed by atoms with Crippen molar-refractivity contribution in [3.63, 3.8) is 0 Å². The Morgan fingerprint density at radius 3 is 2.85 bits per heavy atom. The summed E-state index contributed by atoms with van der Waals surface area (Å²) < 4.78 is 18.9. The van der Waals surface area contributed by atoms with Gasteiger partial charge in [-0.3, -0.25) is 4.79 Å². The van der Waals surface area contributed by atoms with E-state index in [0.29, 0.717) is 18.1 Å². The summed E-state index contributed by atoms with van der Waals surface area (Å²) in [5, 5.41) is 0.587. The number of hydrogen-bond donors (Lipinski definition) is 0. The first kappa shape index (κ1) is 16.1. The van der Waals surface area contributed by atoms with Crippen LogP contribution in [0.2, 0.25) is 0 Å². The van der Waals surface area contributed by atoms with Crippen molar-refractivity contribution in [3.8, 4) is 0 Å². The third-order valence-electron chi connectivity index (χ3n) is 4.19. The highest BCUT2D eigenvalue weighted by Gasteiger charge is 2.25. The average molecular weight is 303 g/mol. The van der Waals surface area contributed by atoms with Crippen LogP contribution in [0.1, 0.15) is 45.4 Å². The molecular formula is C15H26FNO2S. The molecule has 2 fully saturated rings.